The van der Waals surface area contributed by atoms with Crippen LogP contribution in [0.5, 0.6) is 0 Å². The van der Waals surface area contributed by atoms with Gasteiger partial charge in [-0.1, -0.05) is 57.0 Å². The Kier molecular flexibility index (Phi) is 5.36. The van der Waals surface area contributed by atoms with E-state index in [-0.39, 0.29) is 0 Å². The maximum Gasteiger partial charge on any atom is 0.132 e. The van der Waals surface area contributed by atoms with E-state index in [1.54, 1.807) is 6.07 Å². The number of halogens is 2. The van der Waals surface area contributed by atoms with Gasteiger partial charge in [0, 0.05) is 22.8 Å². The van der Waals surface area contributed by atoms with Crippen LogP contribution in [0.3, 0.4) is 0 Å². The molecule has 22 heavy (non-hydrogen) atoms. The van der Waals surface area contributed by atoms with E-state index in [9.17, 15) is 0 Å². The van der Waals surface area contributed by atoms with Crippen LogP contribution < -0.4 is 0 Å². The topological polar surface area (TPSA) is 17.8 Å². The van der Waals surface area contributed by atoms with E-state index in [0.29, 0.717) is 21.9 Å². The van der Waals surface area contributed by atoms with Gasteiger partial charge in [-0.15, -0.1) is 0 Å². The predicted octanol–water partition coefficient (Wildman–Crippen LogP) is 6.14. The van der Waals surface area contributed by atoms with Crippen molar-refractivity contribution in [2.24, 2.45) is 7.05 Å². The Hall–Kier alpha value is -1.25. The molecule has 0 aliphatic rings. The summed E-state index contributed by atoms with van der Waals surface area (Å²) < 4.78 is 2.17. The first-order valence-electron chi connectivity index (χ1n) is 7.51. The summed E-state index contributed by atoms with van der Waals surface area (Å²) in [6.07, 6.45) is 3.99. The molecule has 0 unspecified atom stereocenters. The van der Waals surface area contributed by atoms with Crippen LogP contribution >= 0.6 is 23.2 Å². The number of aromatic nitrogens is 2. The molecule has 2 aromatic rings. The maximum absolute atomic E-state index is 6.21. The van der Waals surface area contributed by atoms with Gasteiger partial charge in [-0.25, -0.2) is 4.98 Å². The van der Waals surface area contributed by atoms with Gasteiger partial charge in [-0.2, -0.15) is 0 Å². The molecular formula is C18H22Cl2N2. The highest BCUT2D eigenvalue weighted by molar-refractivity contribution is 6.35. The van der Waals surface area contributed by atoms with Crippen LogP contribution in [-0.4, -0.2) is 9.55 Å². The monoisotopic (exact) mass is 336 g/mol. The van der Waals surface area contributed by atoms with Crippen molar-refractivity contribution >= 4 is 35.4 Å². The third kappa shape index (κ3) is 3.56. The molecule has 0 saturated heterocycles. The molecular weight excluding hydrogens is 315 g/mol. The molecule has 0 radical (unpaired) electrons. The minimum absolute atomic E-state index is 0.407. The molecule has 118 valence electrons. The summed E-state index contributed by atoms with van der Waals surface area (Å²) in [5, 5.41) is 1.29. The van der Waals surface area contributed by atoms with Gasteiger partial charge in [0.2, 0.25) is 0 Å². The molecule has 1 aromatic heterocycles. The zero-order chi connectivity index (χ0) is 16.4. The average molecular weight is 337 g/mol. The van der Waals surface area contributed by atoms with E-state index >= 15 is 0 Å². The van der Waals surface area contributed by atoms with Crippen molar-refractivity contribution in [1.29, 1.82) is 0 Å². The van der Waals surface area contributed by atoms with E-state index < -0.39 is 0 Å². The molecule has 0 atom stereocenters. The fourth-order valence-electron chi connectivity index (χ4n) is 2.61. The molecule has 0 saturated carbocycles. The fraction of sp³-hybridized carbons (Fsp3) is 0.389. The van der Waals surface area contributed by atoms with Crippen LogP contribution in [0.2, 0.25) is 10.0 Å². The Balaban J connectivity index is 2.41. The van der Waals surface area contributed by atoms with Crippen molar-refractivity contribution in [2.75, 3.05) is 0 Å². The average Bonchev–Trinajstić information content (AvgIpc) is 2.75. The first kappa shape index (κ1) is 17.1. The Labute approximate surface area is 142 Å². The Morgan fingerprint density at radius 2 is 1.73 bits per heavy atom. The molecule has 1 heterocycles. The second-order valence-electron chi connectivity index (χ2n) is 6.11. The lowest BCUT2D eigenvalue weighted by Crippen LogP contribution is -2.03. The zero-order valence-corrected chi connectivity index (χ0v) is 15.2. The Morgan fingerprint density at radius 3 is 2.23 bits per heavy atom. The number of hydrogen-bond acceptors (Lipinski definition) is 1. The Morgan fingerprint density at radius 1 is 1.05 bits per heavy atom. The maximum atomic E-state index is 6.21. The second-order valence-corrected chi connectivity index (χ2v) is 6.95. The smallest absolute Gasteiger partial charge is 0.132 e. The molecule has 4 heteroatoms. The van der Waals surface area contributed by atoms with Crippen LogP contribution in [0.25, 0.3) is 12.2 Å². The van der Waals surface area contributed by atoms with Gasteiger partial charge in [0.1, 0.15) is 5.82 Å². The van der Waals surface area contributed by atoms with E-state index in [4.69, 9.17) is 28.2 Å². The lowest BCUT2D eigenvalue weighted by molar-refractivity contribution is 0.706. The predicted molar refractivity (Wildman–Crippen MR) is 96.8 cm³/mol. The molecule has 0 amide bonds. The summed E-state index contributed by atoms with van der Waals surface area (Å²) in [5.74, 6) is 1.79. The van der Waals surface area contributed by atoms with Crippen LogP contribution in [0.15, 0.2) is 18.2 Å². The van der Waals surface area contributed by atoms with Crippen molar-refractivity contribution in [3.8, 4) is 0 Å². The quantitative estimate of drug-likeness (QED) is 0.655. The summed E-state index contributed by atoms with van der Waals surface area (Å²) in [6, 6.07) is 5.50. The summed E-state index contributed by atoms with van der Waals surface area (Å²) in [4.78, 5) is 4.80. The van der Waals surface area contributed by atoms with Gasteiger partial charge in [0.25, 0.3) is 0 Å². The SMILES string of the molecule is CC(C)c1nc(C=Cc2ccc(Cl)cc2Cl)n(C)c1C(C)C. The van der Waals surface area contributed by atoms with Gasteiger partial charge in [-0.3, -0.25) is 0 Å². The highest BCUT2D eigenvalue weighted by Gasteiger charge is 2.18. The van der Waals surface area contributed by atoms with Gasteiger partial charge < -0.3 is 4.57 Å². The highest BCUT2D eigenvalue weighted by Crippen LogP contribution is 2.28. The molecule has 0 fully saturated rings. The number of hydrogen-bond donors (Lipinski definition) is 0. The first-order valence-corrected chi connectivity index (χ1v) is 8.26. The lowest BCUT2D eigenvalue weighted by atomic mass is 10.0. The van der Waals surface area contributed by atoms with Crippen molar-refractivity contribution < 1.29 is 0 Å². The summed E-state index contributed by atoms with van der Waals surface area (Å²) >= 11 is 12.1. The van der Waals surface area contributed by atoms with Gasteiger partial charge in [0.05, 0.1) is 5.69 Å². The van der Waals surface area contributed by atoms with Crippen molar-refractivity contribution in [2.45, 2.75) is 39.5 Å². The molecule has 0 spiro atoms. The summed E-state index contributed by atoms with van der Waals surface area (Å²) in [6.45, 7) is 8.76. The van der Waals surface area contributed by atoms with Gasteiger partial charge in [-0.05, 0) is 41.7 Å². The van der Waals surface area contributed by atoms with Crippen LogP contribution in [0, 0.1) is 0 Å². The number of imidazole rings is 1. The molecule has 1 aromatic carbocycles. The Bertz CT molecular complexity index is 697. The molecule has 0 aliphatic heterocycles. The molecule has 0 aliphatic carbocycles. The first-order chi connectivity index (χ1) is 10.3. The minimum atomic E-state index is 0.407. The standard InChI is InChI=1S/C18H22Cl2N2/c1-11(2)17-18(12(3)4)22(5)16(21-17)9-7-13-6-8-14(19)10-15(13)20/h6-12H,1-5H3. The van der Waals surface area contributed by atoms with E-state index in [1.807, 2.05) is 24.3 Å². The molecule has 2 rings (SSSR count). The van der Waals surface area contributed by atoms with Gasteiger partial charge in [0.15, 0.2) is 0 Å². The van der Waals surface area contributed by atoms with Gasteiger partial charge >= 0.3 is 0 Å². The van der Waals surface area contributed by atoms with E-state index in [0.717, 1.165) is 11.4 Å². The largest absolute Gasteiger partial charge is 0.331 e. The van der Waals surface area contributed by atoms with Crippen molar-refractivity contribution in [3.05, 3.63) is 51.0 Å². The zero-order valence-electron chi connectivity index (χ0n) is 13.7. The number of rotatable bonds is 4. The van der Waals surface area contributed by atoms with E-state index in [2.05, 4.69) is 39.3 Å². The third-order valence-corrected chi connectivity index (χ3v) is 4.23. The number of nitrogens with zero attached hydrogens (tertiary/aromatic N) is 2. The van der Waals surface area contributed by atoms with E-state index in [1.165, 1.54) is 11.4 Å². The fourth-order valence-corrected chi connectivity index (χ4v) is 3.08. The normalized spacial score (nSPS) is 12.0. The van der Waals surface area contributed by atoms with Crippen molar-refractivity contribution in [3.63, 3.8) is 0 Å². The third-order valence-electron chi connectivity index (χ3n) is 3.67. The molecule has 0 N–H and O–H groups in total. The lowest BCUT2D eigenvalue weighted by Gasteiger charge is -2.11. The van der Waals surface area contributed by atoms with Crippen LogP contribution in [0.4, 0.5) is 0 Å². The molecule has 2 nitrogen and oxygen atoms in total. The summed E-state index contributed by atoms with van der Waals surface area (Å²) in [5.41, 5.74) is 3.39. The van der Waals surface area contributed by atoms with Crippen LogP contribution in [-0.2, 0) is 7.05 Å². The van der Waals surface area contributed by atoms with Crippen LogP contribution in [0.1, 0.15) is 62.3 Å². The number of benzene rings is 1. The van der Waals surface area contributed by atoms with Crippen molar-refractivity contribution in [1.82, 2.24) is 9.55 Å². The second kappa shape index (κ2) is 6.89. The highest BCUT2D eigenvalue weighted by atomic mass is 35.5. The minimum Gasteiger partial charge on any atom is -0.331 e. The summed E-state index contributed by atoms with van der Waals surface area (Å²) in [7, 11) is 2.07. The molecule has 0 bridgehead atoms.